The van der Waals surface area contributed by atoms with E-state index in [4.69, 9.17) is 10.5 Å². The molecule has 2 aromatic carbocycles. The minimum absolute atomic E-state index is 0.0982. The lowest BCUT2D eigenvalue weighted by Crippen LogP contribution is -2.18. The van der Waals surface area contributed by atoms with E-state index in [9.17, 15) is 0 Å². The van der Waals surface area contributed by atoms with Gasteiger partial charge in [-0.2, -0.15) is 0 Å². The topological polar surface area (TPSA) is 51.0 Å². The van der Waals surface area contributed by atoms with Crippen LogP contribution in [0.25, 0.3) is 10.9 Å². The summed E-state index contributed by atoms with van der Waals surface area (Å²) < 4.78 is 5.64. The van der Waals surface area contributed by atoms with Gasteiger partial charge in [-0.3, -0.25) is 0 Å². The SMILES string of the molecule is COc1ccc(C(C)(C)C)cc1C(CN)Cc1c[nH]c2ccccc12. The fraction of sp³-hybridized carbons (Fsp3) is 0.364. The van der Waals surface area contributed by atoms with Gasteiger partial charge in [-0.05, 0) is 47.2 Å². The molecule has 0 aliphatic carbocycles. The van der Waals surface area contributed by atoms with Crippen LogP contribution in [0, 0.1) is 0 Å². The van der Waals surface area contributed by atoms with Crippen molar-refractivity contribution in [2.45, 2.75) is 38.5 Å². The Morgan fingerprint density at radius 3 is 2.56 bits per heavy atom. The lowest BCUT2D eigenvalue weighted by Gasteiger charge is -2.24. The minimum Gasteiger partial charge on any atom is -0.496 e. The molecule has 0 fully saturated rings. The molecule has 1 unspecified atom stereocenters. The van der Waals surface area contributed by atoms with Crippen molar-refractivity contribution in [1.29, 1.82) is 0 Å². The zero-order valence-electron chi connectivity index (χ0n) is 15.6. The summed E-state index contributed by atoms with van der Waals surface area (Å²) in [6.45, 7) is 7.28. The molecule has 0 bridgehead atoms. The van der Waals surface area contributed by atoms with Gasteiger partial charge in [-0.25, -0.2) is 0 Å². The van der Waals surface area contributed by atoms with Gasteiger partial charge >= 0.3 is 0 Å². The predicted molar refractivity (Wildman–Crippen MR) is 105 cm³/mol. The highest BCUT2D eigenvalue weighted by Gasteiger charge is 2.21. The number of aromatic amines is 1. The third kappa shape index (κ3) is 3.57. The van der Waals surface area contributed by atoms with Gasteiger partial charge in [-0.1, -0.05) is 51.1 Å². The summed E-state index contributed by atoms with van der Waals surface area (Å²) in [6.07, 6.45) is 3.00. The number of methoxy groups -OCH3 is 1. The number of rotatable bonds is 5. The second kappa shape index (κ2) is 6.93. The van der Waals surface area contributed by atoms with E-state index in [1.807, 2.05) is 0 Å². The van der Waals surface area contributed by atoms with Crippen LogP contribution < -0.4 is 10.5 Å². The van der Waals surface area contributed by atoms with Crippen LogP contribution in [-0.4, -0.2) is 18.6 Å². The molecular formula is C22H28N2O. The smallest absolute Gasteiger partial charge is 0.122 e. The number of ether oxygens (including phenoxy) is 1. The van der Waals surface area contributed by atoms with Crippen molar-refractivity contribution in [3.05, 3.63) is 65.4 Å². The number of benzene rings is 2. The lowest BCUT2D eigenvalue weighted by molar-refractivity contribution is 0.404. The van der Waals surface area contributed by atoms with Crippen LogP contribution in [0.1, 0.15) is 43.4 Å². The highest BCUT2D eigenvalue weighted by Crippen LogP contribution is 2.34. The highest BCUT2D eigenvalue weighted by atomic mass is 16.5. The zero-order valence-corrected chi connectivity index (χ0v) is 15.6. The molecule has 3 rings (SSSR count). The molecule has 3 N–H and O–H groups in total. The summed E-state index contributed by atoms with van der Waals surface area (Å²) in [4.78, 5) is 3.36. The second-order valence-electron chi connectivity index (χ2n) is 7.70. The molecule has 1 aromatic heterocycles. The Morgan fingerprint density at radius 1 is 1.12 bits per heavy atom. The van der Waals surface area contributed by atoms with Gasteiger partial charge in [0, 0.05) is 23.0 Å². The van der Waals surface area contributed by atoms with Gasteiger partial charge in [0.05, 0.1) is 7.11 Å². The average molecular weight is 336 g/mol. The van der Waals surface area contributed by atoms with E-state index >= 15 is 0 Å². The van der Waals surface area contributed by atoms with Crippen molar-refractivity contribution in [1.82, 2.24) is 4.98 Å². The highest BCUT2D eigenvalue weighted by molar-refractivity contribution is 5.83. The van der Waals surface area contributed by atoms with Crippen molar-refractivity contribution in [3.63, 3.8) is 0 Å². The number of para-hydroxylation sites is 1. The van der Waals surface area contributed by atoms with Crippen LogP contribution in [0.2, 0.25) is 0 Å². The zero-order chi connectivity index (χ0) is 18.0. The largest absolute Gasteiger partial charge is 0.496 e. The summed E-state index contributed by atoms with van der Waals surface area (Å²) in [5.74, 6) is 1.14. The molecule has 1 heterocycles. The molecule has 1 atom stereocenters. The number of nitrogens with one attached hydrogen (secondary N) is 1. The van der Waals surface area contributed by atoms with Gasteiger partial charge < -0.3 is 15.5 Å². The molecule has 0 amide bonds. The minimum atomic E-state index is 0.0982. The van der Waals surface area contributed by atoms with Gasteiger partial charge in [0.1, 0.15) is 5.75 Å². The maximum atomic E-state index is 6.18. The fourth-order valence-electron chi connectivity index (χ4n) is 3.41. The maximum Gasteiger partial charge on any atom is 0.122 e. The predicted octanol–water partition coefficient (Wildman–Crippen LogP) is 4.76. The molecule has 3 aromatic rings. The first-order chi connectivity index (χ1) is 11.9. The van der Waals surface area contributed by atoms with E-state index in [1.54, 1.807) is 7.11 Å². The quantitative estimate of drug-likeness (QED) is 0.706. The molecule has 132 valence electrons. The summed E-state index contributed by atoms with van der Waals surface area (Å²) >= 11 is 0. The van der Waals surface area contributed by atoms with E-state index in [2.05, 4.69) is 74.4 Å². The number of aromatic nitrogens is 1. The average Bonchev–Trinajstić information content (AvgIpc) is 3.01. The summed E-state index contributed by atoms with van der Waals surface area (Å²) in [7, 11) is 1.73. The molecule has 25 heavy (non-hydrogen) atoms. The second-order valence-corrected chi connectivity index (χ2v) is 7.70. The van der Waals surface area contributed by atoms with E-state index in [-0.39, 0.29) is 11.3 Å². The molecule has 0 radical (unpaired) electrons. The molecule has 3 nitrogen and oxygen atoms in total. The van der Waals surface area contributed by atoms with Gasteiger partial charge in [0.15, 0.2) is 0 Å². The van der Waals surface area contributed by atoms with Crippen molar-refractivity contribution in [3.8, 4) is 5.75 Å². The van der Waals surface area contributed by atoms with Gasteiger partial charge in [0.25, 0.3) is 0 Å². The monoisotopic (exact) mass is 336 g/mol. The first-order valence-electron chi connectivity index (χ1n) is 8.87. The van der Waals surface area contributed by atoms with E-state index < -0.39 is 0 Å². The Morgan fingerprint density at radius 2 is 1.88 bits per heavy atom. The molecule has 3 heteroatoms. The van der Waals surface area contributed by atoms with Crippen LogP contribution in [0.3, 0.4) is 0 Å². The third-order valence-electron chi connectivity index (χ3n) is 4.96. The molecule has 0 aliphatic heterocycles. The lowest BCUT2D eigenvalue weighted by atomic mass is 9.83. The number of hydrogen-bond donors (Lipinski definition) is 2. The number of hydrogen-bond acceptors (Lipinski definition) is 2. The summed E-state index contributed by atoms with van der Waals surface area (Å²) in [6, 6.07) is 14.9. The van der Waals surface area contributed by atoms with E-state index in [0.29, 0.717) is 6.54 Å². The van der Waals surface area contributed by atoms with Gasteiger partial charge in [-0.15, -0.1) is 0 Å². The Kier molecular flexibility index (Phi) is 4.87. The third-order valence-corrected chi connectivity index (χ3v) is 4.96. The van der Waals surface area contributed by atoms with E-state index in [0.717, 1.165) is 12.2 Å². The van der Waals surface area contributed by atoms with Crippen molar-refractivity contribution in [2.24, 2.45) is 5.73 Å². The Hall–Kier alpha value is -2.26. The molecular weight excluding hydrogens is 308 g/mol. The molecule has 0 saturated carbocycles. The standard InChI is InChI=1S/C22H28N2O/c1-22(2,3)17-9-10-21(25-4)19(12-17)15(13-23)11-16-14-24-20-8-6-5-7-18(16)20/h5-10,12,14-15,24H,11,13,23H2,1-4H3. The van der Waals surface area contributed by atoms with Crippen molar-refractivity contribution in [2.75, 3.05) is 13.7 Å². The molecule has 0 saturated heterocycles. The number of H-pyrrole nitrogens is 1. The Bertz CT molecular complexity index is 858. The van der Waals surface area contributed by atoms with Gasteiger partial charge in [0.2, 0.25) is 0 Å². The van der Waals surface area contributed by atoms with Crippen LogP contribution in [0.5, 0.6) is 5.75 Å². The first-order valence-corrected chi connectivity index (χ1v) is 8.87. The van der Waals surface area contributed by atoms with Crippen LogP contribution in [0.4, 0.5) is 0 Å². The van der Waals surface area contributed by atoms with Crippen molar-refractivity contribution < 1.29 is 4.74 Å². The van der Waals surface area contributed by atoms with Crippen LogP contribution >= 0.6 is 0 Å². The van der Waals surface area contributed by atoms with E-state index in [1.165, 1.54) is 27.6 Å². The van der Waals surface area contributed by atoms with Crippen molar-refractivity contribution >= 4 is 10.9 Å². The fourth-order valence-corrected chi connectivity index (χ4v) is 3.41. The normalized spacial score (nSPS) is 13.2. The number of fused-ring (bicyclic) bond motifs is 1. The molecule has 0 aliphatic rings. The Balaban J connectivity index is 2.00. The Labute approximate surface area is 150 Å². The number of nitrogens with two attached hydrogens (primary N) is 1. The summed E-state index contributed by atoms with van der Waals surface area (Å²) in [5, 5.41) is 1.27. The van der Waals surface area contributed by atoms with Crippen LogP contribution in [0.15, 0.2) is 48.7 Å². The molecule has 0 spiro atoms. The maximum absolute atomic E-state index is 6.18. The van der Waals surface area contributed by atoms with Crippen LogP contribution in [-0.2, 0) is 11.8 Å². The summed E-state index contributed by atoms with van der Waals surface area (Å²) in [5.41, 5.74) is 11.3. The first kappa shape index (κ1) is 17.6.